The number of aliphatic imine (C=N–C) groups is 1. The highest BCUT2D eigenvalue weighted by Crippen LogP contribution is 2.33. The molecule has 25 heteroatoms. The van der Waals surface area contributed by atoms with Gasteiger partial charge in [0.25, 0.3) is 0 Å². The van der Waals surface area contributed by atoms with Gasteiger partial charge in [0.15, 0.2) is 12.2 Å². The zero-order valence-electron chi connectivity index (χ0n) is 60.8. The number of aliphatic hydroxyl groups is 18. The quantitative estimate of drug-likeness (QED) is 0.0465. The third-order valence-electron chi connectivity index (χ3n) is 21.0. The lowest BCUT2D eigenvalue weighted by molar-refractivity contribution is -0.314. The van der Waals surface area contributed by atoms with Crippen molar-refractivity contribution in [2.24, 2.45) is 75.6 Å². The van der Waals surface area contributed by atoms with E-state index in [1.165, 1.54) is 19.1 Å². The molecule has 0 aromatic rings. The molecular weight excluding hydrogens is 1270 g/mol. The monoisotopic (exact) mass is 1410 g/mol. The topological polar surface area (TPSA) is 473 Å². The number of guanidine groups is 1. The minimum Gasteiger partial charge on any atom is -0.462 e. The van der Waals surface area contributed by atoms with Crippen LogP contribution in [0.2, 0.25) is 0 Å². The van der Waals surface area contributed by atoms with Crippen molar-refractivity contribution in [2.45, 2.75) is 327 Å². The van der Waals surface area contributed by atoms with Crippen LogP contribution >= 0.6 is 0 Å². The number of hydrogen-bond acceptors (Lipinski definition) is 23. The first-order valence-corrected chi connectivity index (χ1v) is 36.3. The van der Waals surface area contributed by atoms with Gasteiger partial charge in [0.2, 0.25) is 0 Å². The summed E-state index contributed by atoms with van der Waals surface area (Å²) in [5, 5.41) is 201. The minimum atomic E-state index is -1.87. The molecule has 0 radical (unpaired) electrons. The average molecular weight is 1410 g/mol. The molecule has 25 nitrogen and oxygen atoms in total. The summed E-state index contributed by atoms with van der Waals surface area (Å²) in [6.07, 6.45) is -11.0. The maximum Gasteiger partial charge on any atom is 0.306 e. The number of esters is 1. The highest BCUT2D eigenvalue weighted by Gasteiger charge is 2.46. The second-order valence-electron chi connectivity index (χ2n) is 29.6. The zero-order chi connectivity index (χ0) is 74.4. The van der Waals surface area contributed by atoms with Gasteiger partial charge in [-0.05, 0) is 107 Å². The molecule has 0 bridgehead atoms. The van der Waals surface area contributed by atoms with Crippen LogP contribution in [0.4, 0.5) is 0 Å². The molecule has 2 aliphatic rings. The van der Waals surface area contributed by atoms with Crippen LogP contribution in [0.3, 0.4) is 0 Å². The second kappa shape index (κ2) is 46.6. The molecule has 0 amide bonds. The smallest absolute Gasteiger partial charge is 0.306 e. The molecule has 0 aromatic heterocycles. The van der Waals surface area contributed by atoms with E-state index in [4.69, 9.17) is 25.7 Å². The summed E-state index contributed by atoms with van der Waals surface area (Å²) < 4.78 is 17.8. The van der Waals surface area contributed by atoms with Gasteiger partial charge in [0.05, 0.1) is 92.1 Å². The van der Waals surface area contributed by atoms with Gasteiger partial charge in [-0.25, -0.2) is 0 Å². The minimum absolute atomic E-state index is 0.0338. The second-order valence-corrected chi connectivity index (χ2v) is 29.6. The van der Waals surface area contributed by atoms with Crippen molar-refractivity contribution in [3.05, 3.63) is 47.6 Å². The summed E-state index contributed by atoms with van der Waals surface area (Å²) in [6.45, 7) is 20.1. The van der Waals surface area contributed by atoms with Crippen LogP contribution in [0, 0.1) is 59.2 Å². The van der Waals surface area contributed by atoms with Crippen LogP contribution in [-0.2, 0) is 19.0 Å². The third kappa shape index (κ3) is 31.5. The summed E-state index contributed by atoms with van der Waals surface area (Å²) in [5.74, 6) is -6.47. The first-order valence-electron chi connectivity index (χ1n) is 36.3. The van der Waals surface area contributed by atoms with Crippen LogP contribution in [0.15, 0.2) is 52.6 Å². The lowest BCUT2D eigenvalue weighted by Gasteiger charge is -2.41. The number of nitrogens with two attached hydrogens (primary N) is 2. The van der Waals surface area contributed by atoms with Crippen molar-refractivity contribution >= 4 is 11.9 Å². The Morgan fingerprint density at radius 1 is 0.541 bits per heavy atom. The van der Waals surface area contributed by atoms with Crippen molar-refractivity contribution in [1.82, 2.24) is 0 Å². The molecule has 22 N–H and O–H groups in total. The van der Waals surface area contributed by atoms with Gasteiger partial charge in [-0.2, -0.15) is 0 Å². The van der Waals surface area contributed by atoms with Gasteiger partial charge >= 0.3 is 5.97 Å². The normalized spacial score (nSPS) is 41.5. The van der Waals surface area contributed by atoms with Gasteiger partial charge < -0.3 is 118 Å². The third-order valence-corrected chi connectivity index (χ3v) is 21.0. The molecule has 2 aliphatic heterocycles. The molecule has 2 heterocycles. The lowest BCUT2D eigenvalue weighted by atomic mass is 9.81. The Hall–Kier alpha value is -3.10. The van der Waals surface area contributed by atoms with Gasteiger partial charge in [-0.3, -0.25) is 9.79 Å². The highest BCUT2D eigenvalue weighted by atomic mass is 16.7. The van der Waals surface area contributed by atoms with Gasteiger partial charge in [-0.1, -0.05) is 138 Å². The fourth-order valence-corrected chi connectivity index (χ4v) is 13.3. The van der Waals surface area contributed by atoms with E-state index in [0.717, 1.165) is 25.7 Å². The number of carbonyl (C=O) groups excluding carboxylic acids is 1. The summed E-state index contributed by atoms with van der Waals surface area (Å²) in [5.41, 5.74) is 11.7. The van der Waals surface area contributed by atoms with E-state index in [1.807, 2.05) is 26.0 Å². The van der Waals surface area contributed by atoms with Crippen LogP contribution in [0.1, 0.15) is 199 Å². The van der Waals surface area contributed by atoms with Crippen LogP contribution < -0.4 is 11.5 Å². The zero-order valence-corrected chi connectivity index (χ0v) is 60.8. The molecule has 2 rings (SSSR count). The van der Waals surface area contributed by atoms with Gasteiger partial charge in [0, 0.05) is 66.7 Å². The Labute approximate surface area is 584 Å². The van der Waals surface area contributed by atoms with Crippen molar-refractivity contribution in [1.29, 1.82) is 0 Å². The van der Waals surface area contributed by atoms with Gasteiger partial charge in [0.1, 0.15) is 36.6 Å². The van der Waals surface area contributed by atoms with E-state index in [1.54, 1.807) is 74.5 Å². The number of allylic oxidation sites excluding steroid dienone is 1. The van der Waals surface area contributed by atoms with E-state index in [2.05, 4.69) is 4.99 Å². The van der Waals surface area contributed by atoms with Crippen molar-refractivity contribution in [3.8, 4) is 0 Å². The van der Waals surface area contributed by atoms with E-state index in [9.17, 15) is 96.7 Å². The number of nitrogens with zero attached hydrogens (tertiary/aromatic N) is 1. The highest BCUT2D eigenvalue weighted by molar-refractivity contribution is 5.75. The number of rotatable bonds is 11. The molecule has 26 unspecified atom stereocenters. The first kappa shape index (κ1) is 91.0. The Bertz CT molecular complexity index is 2330. The van der Waals surface area contributed by atoms with E-state index in [-0.39, 0.29) is 56.0 Å². The molecule has 31 atom stereocenters. The number of carbonyl (C=O) groups is 1. The SMILES string of the molecule is CC1=CC(C)C(O)C(C)=CC(O[C@H]2O[C@H](CO)[C@@H](O)[C@H](O)[C@@H]2O)C(O)C(C)C(O)CC(O)C=CC(C)C(O)C(C)CCC(O)CC(O)C(C)C(O)C(C)C(O)CC(O)CC(O)C(C)C(C(C)CCCCCCN=C(N)N)OC(=O)CCCCCC(O)C(C)C(O)CCC=CC(C)C1O. The number of cyclic esters (lactones) is 1. The Balaban J connectivity index is 2.44. The molecule has 0 aliphatic carbocycles. The summed E-state index contributed by atoms with van der Waals surface area (Å²) in [4.78, 5) is 17.6. The number of aliphatic hydroxyl groups excluding tert-OH is 18. The molecule has 574 valence electrons. The van der Waals surface area contributed by atoms with Crippen LogP contribution in [0.5, 0.6) is 0 Å². The fraction of sp³-hybridized carbons (Fsp3) is 0.863. The van der Waals surface area contributed by atoms with Crippen molar-refractivity contribution < 1.29 is 111 Å². The molecule has 0 aromatic carbocycles. The lowest BCUT2D eigenvalue weighted by Crippen LogP contribution is -2.60. The number of hydrogen-bond donors (Lipinski definition) is 20. The van der Waals surface area contributed by atoms with E-state index in [0.29, 0.717) is 63.5 Å². The molecular formula is C73H135N3O22. The van der Waals surface area contributed by atoms with Crippen LogP contribution in [-0.4, -0.2) is 245 Å². The first-order chi connectivity index (χ1) is 45.9. The van der Waals surface area contributed by atoms with E-state index >= 15 is 0 Å². The van der Waals surface area contributed by atoms with Crippen molar-refractivity contribution in [2.75, 3.05) is 13.2 Å². The molecule has 0 spiro atoms. The van der Waals surface area contributed by atoms with Crippen molar-refractivity contribution in [3.63, 3.8) is 0 Å². The summed E-state index contributed by atoms with van der Waals surface area (Å²) >= 11 is 0. The summed E-state index contributed by atoms with van der Waals surface area (Å²) in [7, 11) is 0. The molecule has 1 fully saturated rings. The van der Waals surface area contributed by atoms with E-state index < -0.39 is 194 Å². The maximum atomic E-state index is 13.5. The standard InChI is InChI=1S/C73H135N3O22/c1-39-22-19-20-25-55(82)46(8)54(81)24-17-15-18-26-62(87)98-71(42(4)23-16-13-14-21-31-76-73(74)75)50(12)59(86)37-53(80)36-58(85)48(10)66(91)47(9)56(83)34-51(78)29-27-40(2)63(88)41(3)28-30-52(79)35-57(84)49(11)67(92)60(33-45(7)65(90)44(6)32-43(5)64(39)89)96-72-70(95)69(94)68(93)61(38-77)97-72/h19,22,28,30,32-33,39-42,44,46-61,63-72,77-86,88-95H,13-18,20-21,23-27,29,31,34-38H2,1-12H3,(H4,74,75,76)/t39?,40?,41?,42?,44?,46?,47?,48?,49?,50?,51?,52?,53?,54?,55?,56?,57?,58?,59?,60?,61-,63?,64?,65?,66?,67?,68-,69+,70+,71?,72+/m1/s1. The number of ether oxygens (including phenoxy) is 3. The Kier molecular flexibility index (Phi) is 43.2. The number of unbranched alkanes of at least 4 members (excludes halogenated alkanes) is 3. The Morgan fingerprint density at radius 2 is 1.09 bits per heavy atom. The largest absolute Gasteiger partial charge is 0.462 e. The van der Waals surface area contributed by atoms with Gasteiger partial charge in [-0.15, -0.1) is 0 Å². The predicted octanol–water partition coefficient (Wildman–Crippen LogP) is 2.81. The average Bonchev–Trinajstić information content (AvgIpc) is 0.808. The molecule has 1 saturated heterocycles. The fourth-order valence-electron chi connectivity index (χ4n) is 13.3. The van der Waals surface area contributed by atoms with Crippen LogP contribution in [0.25, 0.3) is 0 Å². The maximum absolute atomic E-state index is 13.5. The molecule has 0 saturated carbocycles. The predicted molar refractivity (Wildman–Crippen MR) is 374 cm³/mol. The Morgan fingerprint density at radius 3 is 1.70 bits per heavy atom. The summed E-state index contributed by atoms with van der Waals surface area (Å²) in [6, 6.07) is 0. The molecule has 98 heavy (non-hydrogen) atoms.